The van der Waals surface area contributed by atoms with Crippen LogP contribution in [0.5, 0.6) is 0 Å². The third-order valence-corrected chi connectivity index (χ3v) is 2.72. The quantitative estimate of drug-likeness (QED) is 0.851. The number of nitriles is 1. The molecule has 0 unspecified atom stereocenters. The molecule has 1 heterocycles. The lowest BCUT2D eigenvalue weighted by molar-refractivity contribution is 1.15. The molecule has 0 saturated carbocycles. The number of aromatic nitrogens is 1. The van der Waals surface area contributed by atoms with Crippen LogP contribution in [0.25, 0.3) is 16.8 Å². The fourth-order valence-corrected chi connectivity index (χ4v) is 1.98. The Kier molecular flexibility index (Phi) is 3.06. The van der Waals surface area contributed by atoms with Gasteiger partial charge >= 0.3 is 0 Å². The highest BCUT2D eigenvalue weighted by molar-refractivity contribution is 5.92. The van der Waals surface area contributed by atoms with Gasteiger partial charge < -0.3 is 5.73 Å². The summed E-state index contributed by atoms with van der Waals surface area (Å²) in [4.78, 5) is 4.29. The second-order valence-electron chi connectivity index (χ2n) is 3.73. The highest BCUT2D eigenvalue weighted by Gasteiger charge is 2.07. The van der Waals surface area contributed by atoms with Crippen LogP contribution in [0.3, 0.4) is 0 Å². The number of pyridine rings is 1. The molecule has 2 aromatic rings. The first-order chi connectivity index (χ1) is 8.30. The molecule has 0 bridgehead atoms. The number of hydrogen-bond acceptors (Lipinski definition) is 3. The summed E-state index contributed by atoms with van der Waals surface area (Å²) in [6.45, 7) is 2.10. The lowest BCUT2D eigenvalue weighted by Gasteiger charge is -2.07. The molecule has 1 aromatic carbocycles. The van der Waals surface area contributed by atoms with Crippen LogP contribution in [0.1, 0.15) is 23.9 Å². The molecule has 3 heteroatoms. The smallest absolute Gasteiger partial charge is 0.141 e. The van der Waals surface area contributed by atoms with Crippen LogP contribution in [0.4, 0.5) is 0 Å². The van der Waals surface area contributed by atoms with Crippen molar-refractivity contribution in [2.45, 2.75) is 13.3 Å². The van der Waals surface area contributed by atoms with Crippen LogP contribution in [0, 0.1) is 11.3 Å². The van der Waals surface area contributed by atoms with Gasteiger partial charge in [0.05, 0.1) is 5.69 Å². The maximum Gasteiger partial charge on any atom is 0.141 e. The van der Waals surface area contributed by atoms with Crippen molar-refractivity contribution in [3.63, 3.8) is 0 Å². The van der Waals surface area contributed by atoms with E-state index in [1.165, 1.54) is 11.8 Å². The SMILES string of the molecule is CCc1cccc2cc(C#N)nc(C=CN)c12. The first-order valence-electron chi connectivity index (χ1n) is 5.51. The van der Waals surface area contributed by atoms with Gasteiger partial charge in [0, 0.05) is 5.39 Å². The Balaban J connectivity index is 2.87. The van der Waals surface area contributed by atoms with E-state index in [2.05, 4.69) is 24.0 Å². The molecule has 0 fully saturated rings. The lowest BCUT2D eigenvalue weighted by atomic mass is 10.0. The number of hydrogen-bond donors (Lipinski definition) is 1. The van der Waals surface area contributed by atoms with Gasteiger partial charge in [-0.15, -0.1) is 0 Å². The van der Waals surface area contributed by atoms with E-state index < -0.39 is 0 Å². The van der Waals surface area contributed by atoms with Crippen LogP contribution in [-0.4, -0.2) is 4.98 Å². The van der Waals surface area contributed by atoms with Crippen molar-refractivity contribution < 1.29 is 0 Å². The second-order valence-corrected chi connectivity index (χ2v) is 3.73. The molecule has 0 aliphatic carbocycles. The molecule has 3 nitrogen and oxygen atoms in total. The van der Waals surface area contributed by atoms with Gasteiger partial charge in [-0.25, -0.2) is 4.98 Å². The molecule has 84 valence electrons. The van der Waals surface area contributed by atoms with Crippen molar-refractivity contribution in [1.82, 2.24) is 4.98 Å². The minimum Gasteiger partial charge on any atom is -0.405 e. The zero-order chi connectivity index (χ0) is 12.3. The number of aryl methyl sites for hydroxylation is 1. The molecule has 1 aromatic heterocycles. The average Bonchev–Trinajstić information content (AvgIpc) is 2.37. The molecule has 0 atom stereocenters. The summed E-state index contributed by atoms with van der Waals surface area (Å²) in [6.07, 6.45) is 4.12. The molecular formula is C14H13N3. The van der Waals surface area contributed by atoms with E-state index in [9.17, 15) is 0 Å². The maximum absolute atomic E-state index is 8.95. The van der Waals surface area contributed by atoms with Gasteiger partial charge in [0.1, 0.15) is 11.8 Å². The summed E-state index contributed by atoms with van der Waals surface area (Å²) >= 11 is 0. The average molecular weight is 223 g/mol. The Hall–Kier alpha value is -2.34. The third kappa shape index (κ3) is 1.98. The Morgan fingerprint density at radius 3 is 2.94 bits per heavy atom. The fraction of sp³-hybridized carbons (Fsp3) is 0.143. The number of nitrogens with zero attached hydrogens (tertiary/aromatic N) is 2. The van der Waals surface area contributed by atoms with Gasteiger partial charge in [-0.1, -0.05) is 25.1 Å². The van der Waals surface area contributed by atoms with Gasteiger partial charge in [0.25, 0.3) is 0 Å². The van der Waals surface area contributed by atoms with E-state index in [1.807, 2.05) is 18.2 Å². The van der Waals surface area contributed by atoms with Crippen LogP contribution in [0.15, 0.2) is 30.5 Å². The fourth-order valence-electron chi connectivity index (χ4n) is 1.98. The topological polar surface area (TPSA) is 62.7 Å². The monoisotopic (exact) mass is 223 g/mol. The van der Waals surface area contributed by atoms with Gasteiger partial charge in [0.2, 0.25) is 0 Å². The van der Waals surface area contributed by atoms with Crippen molar-refractivity contribution in [3.8, 4) is 6.07 Å². The molecule has 0 amide bonds. The first-order valence-corrected chi connectivity index (χ1v) is 5.51. The highest BCUT2D eigenvalue weighted by Crippen LogP contribution is 2.24. The molecule has 2 N–H and O–H groups in total. The molecule has 0 saturated heterocycles. The molecule has 0 aliphatic rings. The van der Waals surface area contributed by atoms with Crippen molar-refractivity contribution in [3.05, 3.63) is 47.4 Å². The number of benzene rings is 1. The van der Waals surface area contributed by atoms with Gasteiger partial charge in [-0.05, 0) is 35.7 Å². The zero-order valence-electron chi connectivity index (χ0n) is 9.64. The van der Waals surface area contributed by atoms with Gasteiger partial charge in [0.15, 0.2) is 0 Å². The summed E-state index contributed by atoms with van der Waals surface area (Å²) in [5.41, 5.74) is 7.83. The molecule has 17 heavy (non-hydrogen) atoms. The summed E-state index contributed by atoms with van der Waals surface area (Å²) in [5, 5.41) is 11.1. The lowest BCUT2D eigenvalue weighted by Crippen LogP contribution is -1.94. The van der Waals surface area contributed by atoms with Crippen LogP contribution < -0.4 is 5.73 Å². The second kappa shape index (κ2) is 4.67. The van der Waals surface area contributed by atoms with Crippen LogP contribution >= 0.6 is 0 Å². The van der Waals surface area contributed by atoms with Gasteiger partial charge in [-0.3, -0.25) is 0 Å². The zero-order valence-corrected chi connectivity index (χ0v) is 9.64. The predicted octanol–water partition coefficient (Wildman–Crippen LogP) is 2.60. The van der Waals surface area contributed by atoms with Crippen LogP contribution in [-0.2, 0) is 6.42 Å². The first kappa shape index (κ1) is 11.2. The van der Waals surface area contributed by atoms with E-state index in [0.29, 0.717) is 5.69 Å². The number of rotatable bonds is 2. The Morgan fingerprint density at radius 2 is 2.29 bits per heavy atom. The summed E-state index contributed by atoms with van der Waals surface area (Å²) in [7, 11) is 0. The standard InChI is InChI=1S/C14H13N3/c1-2-10-4-3-5-11-8-12(9-16)17-13(6-7-15)14(10)11/h3-8H,2,15H2,1H3. The van der Waals surface area contributed by atoms with E-state index in [-0.39, 0.29) is 0 Å². The van der Waals surface area contributed by atoms with E-state index in [4.69, 9.17) is 11.0 Å². The third-order valence-electron chi connectivity index (χ3n) is 2.72. The van der Waals surface area contributed by atoms with Crippen LogP contribution in [0.2, 0.25) is 0 Å². The Labute approximate surface area is 100 Å². The van der Waals surface area contributed by atoms with Gasteiger partial charge in [-0.2, -0.15) is 5.26 Å². The number of nitrogens with two attached hydrogens (primary N) is 1. The molecular weight excluding hydrogens is 210 g/mol. The van der Waals surface area contributed by atoms with Crippen molar-refractivity contribution in [2.24, 2.45) is 5.73 Å². The summed E-state index contributed by atoms with van der Waals surface area (Å²) < 4.78 is 0. The summed E-state index contributed by atoms with van der Waals surface area (Å²) in [5.74, 6) is 0. The maximum atomic E-state index is 8.95. The van der Waals surface area contributed by atoms with E-state index >= 15 is 0 Å². The predicted molar refractivity (Wildman–Crippen MR) is 69.1 cm³/mol. The largest absolute Gasteiger partial charge is 0.405 e. The summed E-state index contributed by atoms with van der Waals surface area (Å²) in [6, 6.07) is 9.94. The molecule has 2 rings (SSSR count). The molecule has 0 aliphatic heterocycles. The minimum atomic E-state index is 0.416. The number of fused-ring (bicyclic) bond motifs is 1. The normalized spacial score (nSPS) is 10.8. The Morgan fingerprint density at radius 1 is 1.47 bits per heavy atom. The van der Waals surface area contributed by atoms with Crippen molar-refractivity contribution in [2.75, 3.05) is 0 Å². The minimum absolute atomic E-state index is 0.416. The molecule has 0 spiro atoms. The van der Waals surface area contributed by atoms with E-state index in [1.54, 1.807) is 6.08 Å². The highest BCUT2D eigenvalue weighted by atomic mass is 14.7. The Bertz CT molecular complexity index is 621. The van der Waals surface area contributed by atoms with Crippen molar-refractivity contribution in [1.29, 1.82) is 5.26 Å². The molecule has 0 radical (unpaired) electrons. The van der Waals surface area contributed by atoms with E-state index in [0.717, 1.165) is 22.9 Å². The van der Waals surface area contributed by atoms with Crippen molar-refractivity contribution >= 4 is 16.8 Å².